The van der Waals surface area contributed by atoms with E-state index in [2.05, 4.69) is 15.0 Å². The van der Waals surface area contributed by atoms with Crippen LogP contribution in [0.5, 0.6) is 0 Å². The Labute approximate surface area is 145 Å². The van der Waals surface area contributed by atoms with Crippen LogP contribution in [0.4, 0.5) is 13.2 Å². The van der Waals surface area contributed by atoms with Crippen LogP contribution in [0.3, 0.4) is 0 Å². The van der Waals surface area contributed by atoms with Gasteiger partial charge in [-0.05, 0) is 0 Å². The molecule has 0 fully saturated rings. The molecule has 12 nitrogen and oxygen atoms in total. The van der Waals surface area contributed by atoms with Gasteiger partial charge in [-0.2, -0.15) is 31.6 Å². The van der Waals surface area contributed by atoms with Gasteiger partial charge in [0, 0.05) is 0 Å². The highest BCUT2D eigenvalue weighted by molar-refractivity contribution is 7.86. The summed E-state index contributed by atoms with van der Waals surface area (Å²) in [7, 11) is -5.84. The molecule has 0 amide bonds. The number of alkyl halides is 3. The summed E-state index contributed by atoms with van der Waals surface area (Å²) in [6.45, 7) is 0.372. The zero-order chi connectivity index (χ0) is 20.1. The largest absolute Gasteiger partial charge is 0.522 e. The Morgan fingerprint density at radius 3 is 2.35 bits per heavy atom. The maximum Gasteiger partial charge on any atom is 0.522 e. The van der Waals surface area contributed by atoms with Crippen LogP contribution in [-0.2, 0) is 14.9 Å². The van der Waals surface area contributed by atoms with Crippen molar-refractivity contribution in [2.45, 2.75) is 17.6 Å². The number of amidine groups is 2. The molecule has 2 rings (SSSR count). The van der Waals surface area contributed by atoms with Crippen molar-refractivity contribution in [3.8, 4) is 0 Å². The zero-order valence-electron chi connectivity index (χ0n) is 13.0. The lowest BCUT2D eigenvalue weighted by Crippen LogP contribution is -2.50. The van der Waals surface area contributed by atoms with Crippen LogP contribution in [-0.4, -0.2) is 84.5 Å². The average molecular weight is 403 g/mol. The van der Waals surface area contributed by atoms with E-state index in [-0.39, 0.29) is 37.6 Å². The molecule has 2 aliphatic heterocycles. The van der Waals surface area contributed by atoms with E-state index in [1.807, 2.05) is 0 Å². The Kier molecular flexibility index (Phi) is 7.01. The van der Waals surface area contributed by atoms with E-state index in [1.165, 1.54) is 0 Å². The number of nitrogens with zero attached hydrogens (tertiary/aromatic N) is 4. The summed E-state index contributed by atoms with van der Waals surface area (Å²) < 4.78 is 62.7. The second-order valence-corrected chi connectivity index (χ2v) is 6.16. The summed E-state index contributed by atoms with van der Waals surface area (Å²) in [5.41, 5.74) is 6.03. The quantitative estimate of drug-likeness (QED) is 0.203. The monoisotopic (exact) mass is 403 g/mol. The minimum Gasteiger partial charge on any atom is -0.394 e. The molecule has 0 saturated heterocycles. The van der Waals surface area contributed by atoms with Gasteiger partial charge in [-0.3, -0.25) is 15.0 Å². The van der Waals surface area contributed by atoms with Crippen molar-refractivity contribution in [1.82, 2.24) is 4.90 Å². The molecule has 0 bridgehead atoms. The predicted octanol–water partition coefficient (Wildman–Crippen LogP) is -1.91. The summed E-state index contributed by atoms with van der Waals surface area (Å²) >= 11 is 0. The fraction of sp³-hybridized carbons (Fsp3) is 0.600. The average Bonchev–Trinajstić information content (AvgIpc) is 2.85. The molecule has 2 unspecified atom stereocenters. The van der Waals surface area contributed by atoms with Gasteiger partial charge >= 0.3 is 15.6 Å². The number of halogens is 3. The van der Waals surface area contributed by atoms with Crippen LogP contribution in [0, 0.1) is 5.41 Å². The Morgan fingerprint density at radius 2 is 1.85 bits per heavy atom. The lowest BCUT2D eigenvalue weighted by atomic mass is 10.1. The molecule has 7 N–H and O–H groups in total. The van der Waals surface area contributed by atoms with Crippen LogP contribution in [0.2, 0.25) is 0 Å². The van der Waals surface area contributed by atoms with Crippen molar-refractivity contribution in [2.24, 2.45) is 26.4 Å². The normalized spacial score (nSPS) is 22.8. The van der Waals surface area contributed by atoms with E-state index < -0.39 is 27.7 Å². The van der Waals surface area contributed by atoms with E-state index in [0.717, 1.165) is 0 Å². The van der Waals surface area contributed by atoms with Crippen molar-refractivity contribution in [3.05, 3.63) is 0 Å². The maximum absolute atomic E-state index is 10.7. The van der Waals surface area contributed by atoms with Crippen LogP contribution in [0.1, 0.15) is 0 Å². The van der Waals surface area contributed by atoms with Crippen molar-refractivity contribution < 1.29 is 36.0 Å². The van der Waals surface area contributed by atoms with Crippen molar-refractivity contribution in [3.63, 3.8) is 0 Å². The molecule has 0 aromatic rings. The van der Waals surface area contributed by atoms with Gasteiger partial charge in [0.05, 0.1) is 19.6 Å². The molecule has 2 atom stereocenters. The number of hydrogen-bond acceptors (Lipinski definition) is 9. The van der Waals surface area contributed by atoms with Crippen molar-refractivity contribution in [1.29, 1.82) is 5.41 Å². The van der Waals surface area contributed by atoms with Crippen molar-refractivity contribution >= 4 is 34.1 Å². The molecule has 0 aromatic heterocycles. The highest BCUT2D eigenvalue weighted by Gasteiger charge is 2.44. The van der Waals surface area contributed by atoms with Gasteiger partial charge in [0.25, 0.3) is 0 Å². The maximum atomic E-state index is 10.7. The number of rotatable bonds is 4. The van der Waals surface area contributed by atoms with Gasteiger partial charge in [-0.25, -0.2) is 0 Å². The number of aliphatic imine (C=N–C) groups is 3. The first-order chi connectivity index (χ1) is 11.9. The molecule has 0 radical (unpaired) electrons. The first-order valence-corrected chi connectivity index (χ1v) is 8.10. The molecule has 0 aromatic carbocycles. The fourth-order valence-electron chi connectivity index (χ4n) is 1.81. The van der Waals surface area contributed by atoms with Crippen LogP contribution < -0.4 is 11.5 Å². The van der Waals surface area contributed by atoms with Gasteiger partial charge in [0.15, 0.2) is 0 Å². The third-order valence-electron chi connectivity index (χ3n) is 2.88. The molecule has 2 aliphatic rings. The first kappa shape index (κ1) is 21.7. The Bertz CT molecular complexity index is 721. The second-order valence-electron chi connectivity index (χ2n) is 4.75. The van der Waals surface area contributed by atoms with Gasteiger partial charge < -0.3 is 26.2 Å². The summed E-state index contributed by atoms with van der Waals surface area (Å²) in [4.78, 5) is 13.5. The highest BCUT2D eigenvalue weighted by atomic mass is 32.2. The molecule has 2 heterocycles. The lowest BCUT2D eigenvalue weighted by molar-refractivity contribution is -0.0510. The Hall–Kier alpha value is -2.30. The SMILES string of the molecule is N=C1N=C(N)C2N=CN(COCCO)C2C(N)=N1.O=S(=O)(O)C(F)(F)F. The predicted molar refractivity (Wildman–Crippen MR) is 84.4 cm³/mol. The first-order valence-electron chi connectivity index (χ1n) is 6.66. The molecule has 16 heteroatoms. The Morgan fingerprint density at radius 1 is 1.31 bits per heavy atom. The number of nitrogens with two attached hydrogens (primary N) is 2. The lowest BCUT2D eigenvalue weighted by Gasteiger charge is -2.25. The molecular weight excluding hydrogens is 387 g/mol. The number of ether oxygens (including phenoxy) is 1. The second kappa shape index (κ2) is 8.39. The minimum absolute atomic E-state index is 0.0586. The number of nitrogens with one attached hydrogen (secondary N) is 1. The topological polar surface area (TPSA) is 200 Å². The molecule has 0 aliphatic carbocycles. The van der Waals surface area contributed by atoms with E-state index in [0.29, 0.717) is 0 Å². The number of aliphatic hydroxyl groups is 1. The summed E-state index contributed by atoms with van der Waals surface area (Å²) in [6, 6.07) is -0.843. The molecular formula is C10H16F3N7O5S. The standard InChI is InChI=1S/C9H15N7O2.CHF3O3S/c10-7-5-6(8(11)15-9(12)14-7)16(3-13-5)4-18-2-1-17;2-1(3,4)8(5,6)7/h3,5-6,17H,1-2,4H2,(H5,10,11,12,14,15);(H,5,6,7). The zero-order valence-corrected chi connectivity index (χ0v) is 13.8. The molecule has 26 heavy (non-hydrogen) atoms. The minimum atomic E-state index is -5.84. The van der Waals surface area contributed by atoms with Gasteiger partial charge in [-0.15, -0.1) is 0 Å². The van der Waals surface area contributed by atoms with Gasteiger partial charge in [-0.1, -0.05) is 0 Å². The highest BCUT2D eigenvalue weighted by Crippen LogP contribution is 2.20. The fourth-order valence-corrected chi connectivity index (χ4v) is 1.81. The van der Waals surface area contributed by atoms with Crippen LogP contribution in [0.25, 0.3) is 0 Å². The smallest absolute Gasteiger partial charge is 0.394 e. The summed E-state index contributed by atoms with van der Waals surface area (Å²) in [5.74, 6) is 0.195. The number of fused-ring (bicyclic) bond motifs is 1. The number of aliphatic hydroxyl groups excluding tert-OH is 1. The van der Waals surface area contributed by atoms with E-state index >= 15 is 0 Å². The van der Waals surface area contributed by atoms with Crippen LogP contribution >= 0.6 is 0 Å². The Balaban J connectivity index is 0.000000359. The molecule has 0 spiro atoms. The third-order valence-corrected chi connectivity index (χ3v) is 3.46. The van der Waals surface area contributed by atoms with E-state index in [4.69, 9.17) is 39.7 Å². The van der Waals surface area contributed by atoms with E-state index in [1.54, 1.807) is 11.2 Å². The van der Waals surface area contributed by atoms with Crippen LogP contribution in [0.15, 0.2) is 15.0 Å². The van der Waals surface area contributed by atoms with Gasteiger partial charge in [0.2, 0.25) is 5.96 Å². The number of hydrogen-bond donors (Lipinski definition) is 5. The number of guanidine groups is 1. The van der Waals surface area contributed by atoms with Crippen molar-refractivity contribution in [2.75, 3.05) is 19.9 Å². The van der Waals surface area contributed by atoms with E-state index in [9.17, 15) is 13.2 Å². The molecule has 0 saturated carbocycles. The molecule has 148 valence electrons. The third kappa shape index (κ3) is 5.61. The van der Waals surface area contributed by atoms with Gasteiger partial charge in [0.1, 0.15) is 30.5 Å². The summed E-state index contributed by atoms with van der Waals surface area (Å²) in [6.07, 6.45) is 1.56. The summed E-state index contributed by atoms with van der Waals surface area (Å²) in [5, 5.41) is 16.1.